The largest absolute Gasteiger partial charge is 0.502 e. The Kier molecular flexibility index (Phi) is 4.97. The number of hydrogen-bond donors (Lipinski definition) is 1. The van der Waals surface area contributed by atoms with Gasteiger partial charge in [-0.2, -0.15) is 0 Å². The van der Waals surface area contributed by atoms with Crippen molar-refractivity contribution < 1.29 is 14.6 Å². The van der Waals surface area contributed by atoms with E-state index in [9.17, 15) is 14.7 Å². The molecule has 1 N–H and O–H groups in total. The van der Waals surface area contributed by atoms with Gasteiger partial charge in [-0.3, -0.25) is 19.3 Å². The molecule has 1 aromatic heterocycles. The average molecular weight is 522 g/mol. The van der Waals surface area contributed by atoms with E-state index in [0.29, 0.717) is 11.7 Å². The van der Waals surface area contributed by atoms with Crippen molar-refractivity contribution in [2.24, 2.45) is 5.41 Å². The topological polar surface area (TPSA) is 75.0 Å². The van der Waals surface area contributed by atoms with Crippen molar-refractivity contribution in [1.82, 2.24) is 9.58 Å². The third-order valence-corrected chi connectivity index (χ3v) is 9.47. The molecule has 7 rings (SSSR count). The van der Waals surface area contributed by atoms with Crippen molar-refractivity contribution in [1.29, 1.82) is 0 Å². The molecular formula is C27H24ClN3O4S. The van der Waals surface area contributed by atoms with Crippen LogP contribution in [0.4, 0.5) is 0 Å². The van der Waals surface area contributed by atoms with E-state index in [-0.39, 0.29) is 29.1 Å². The zero-order valence-electron chi connectivity index (χ0n) is 19.4. The SMILES string of the molecule is O=C1c2c(O)c(=O)ccn2N([C@@H]2c3ccccc3SCc3cccc(Cl)c32)CN1C1CC2(COC2)C1. The van der Waals surface area contributed by atoms with Crippen molar-refractivity contribution in [3.8, 4) is 5.75 Å². The van der Waals surface area contributed by atoms with Gasteiger partial charge in [-0.1, -0.05) is 41.9 Å². The fraction of sp³-hybridized carbons (Fsp3) is 0.333. The summed E-state index contributed by atoms with van der Waals surface area (Å²) in [7, 11) is 0. The number of fused-ring (bicyclic) bond motifs is 3. The predicted octanol–water partition coefficient (Wildman–Crippen LogP) is 4.13. The van der Waals surface area contributed by atoms with Crippen LogP contribution in [0.5, 0.6) is 5.75 Å². The Morgan fingerprint density at radius 3 is 2.64 bits per heavy atom. The summed E-state index contributed by atoms with van der Waals surface area (Å²) in [6, 6.07) is 15.2. The first-order chi connectivity index (χ1) is 17.5. The van der Waals surface area contributed by atoms with E-state index in [1.165, 1.54) is 6.07 Å². The highest BCUT2D eigenvalue weighted by atomic mass is 35.5. The van der Waals surface area contributed by atoms with Gasteiger partial charge in [-0.05, 0) is 36.1 Å². The summed E-state index contributed by atoms with van der Waals surface area (Å²) in [5.41, 5.74) is 2.77. The van der Waals surface area contributed by atoms with Crippen molar-refractivity contribution in [3.05, 3.63) is 92.4 Å². The van der Waals surface area contributed by atoms with Crippen LogP contribution in [-0.4, -0.2) is 46.5 Å². The summed E-state index contributed by atoms with van der Waals surface area (Å²) in [5, 5.41) is 13.5. The van der Waals surface area contributed by atoms with Crippen LogP contribution in [-0.2, 0) is 10.5 Å². The molecule has 4 heterocycles. The standard InChI is InChI=1S/C27H24ClN3O4S/c28-19-6-3-4-16-12-36-21-7-2-1-5-18(21)23(22(16)19)31-15-29(17-10-27(11-17)13-35-14-27)26(34)24-25(33)20(32)8-9-30(24)31/h1-9,17,23,33H,10-15H2/t23-/m1/s1. The second-order valence-corrected chi connectivity index (χ2v) is 11.6. The highest BCUT2D eigenvalue weighted by Gasteiger charge is 2.54. The van der Waals surface area contributed by atoms with Gasteiger partial charge in [0.25, 0.3) is 5.91 Å². The number of thioether (sulfide) groups is 1. The Morgan fingerprint density at radius 2 is 1.86 bits per heavy atom. The summed E-state index contributed by atoms with van der Waals surface area (Å²) in [5.74, 6) is -0.0704. The smallest absolute Gasteiger partial charge is 0.278 e. The third-order valence-electron chi connectivity index (χ3n) is 8.00. The predicted molar refractivity (Wildman–Crippen MR) is 137 cm³/mol. The summed E-state index contributed by atoms with van der Waals surface area (Å²) in [4.78, 5) is 29.1. The molecule has 4 aliphatic rings. The van der Waals surface area contributed by atoms with Gasteiger partial charge in [0, 0.05) is 45.0 Å². The maximum Gasteiger partial charge on any atom is 0.278 e. The van der Waals surface area contributed by atoms with Gasteiger partial charge in [0.1, 0.15) is 12.7 Å². The molecule has 0 bridgehead atoms. The first-order valence-electron chi connectivity index (χ1n) is 12.1. The number of aromatic nitrogens is 1. The van der Waals surface area contributed by atoms with Crippen LogP contribution in [0.2, 0.25) is 5.02 Å². The number of aromatic hydroxyl groups is 1. The summed E-state index contributed by atoms with van der Waals surface area (Å²) in [6.07, 6.45) is 3.31. The number of ether oxygens (including phenoxy) is 1. The normalized spacial score (nSPS) is 22.2. The van der Waals surface area contributed by atoms with Crippen LogP contribution >= 0.6 is 23.4 Å². The quantitative estimate of drug-likeness (QED) is 0.546. The van der Waals surface area contributed by atoms with Crippen LogP contribution in [0, 0.1) is 5.41 Å². The van der Waals surface area contributed by atoms with Crippen LogP contribution in [0.1, 0.15) is 46.1 Å². The van der Waals surface area contributed by atoms with Crippen LogP contribution in [0.25, 0.3) is 0 Å². The second kappa shape index (κ2) is 8.03. The van der Waals surface area contributed by atoms with E-state index in [1.54, 1.807) is 22.6 Å². The van der Waals surface area contributed by atoms with Gasteiger partial charge in [0.15, 0.2) is 11.4 Å². The Labute approximate surface area is 217 Å². The van der Waals surface area contributed by atoms with Gasteiger partial charge < -0.3 is 14.7 Å². The lowest BCUT2D eigenvalue weighted by molar-refractivity contribution is -0.180. The van der Waals surface area contributed by atoms with Gasteiger partial charge in [0.05, 0.1) is 13.2 Å². The zero-order chi connectivity index (χ0) is 24.6. The lowest BCUT2D eigenvalue weighted by Gasteiger charge is -2.57. The minimum Gasteiger partial charge on any atom is -0.502 e. The first-order valence-corrected chi connectivity index (χ1v) is 13.4. The van der Waals surface area contributed by atoms with Crippen LogP contribution in [0.3, 0.4) is 0 Å². The molecule has 3 aliphatic heterocycles. The molecule has 184 valence electrons. The highest BCUT2D eigenvalue weighted by molar-refractivity contribution is 7.98. The molecule has 3 aromatic rings. The lowest BCUT2D eigenvalue weighted by atomic mass is 9.63. The van der Waals surface area contributed by atoms with Crippen molar-refractivity contribution in [3.63, 3.8) is 0 Å². The Morgan fingerprint density at radius 1 is 1.06 bits per heavy atom. The summed E-state index contributed by atoms with van der Waals surface area (Å²) in [6.45, 7) is 1.77. The number of benzene rings is 2. The Balaban J connectivity index is 1.42. The van der Waals surface area contributed by atoms with Crippen molar-refractivity contribution in [2.75, 3.05) is 24.9 Å². The molecule has 1 amide bonds. The Bertz CT molecular complexity index is 1460. The molecule has 0 radical (unpaired) electrons. The minimum absolute atomic E-state index is 0.00236. The molecule has 0 unspecified atom stereocenters. The molecule has 1 spiro atoms. The first kappa shape index (κ1) is 22.3. The van der Waals surface area contributed by atoms with Crippen molar-refractivity contribution in [2.45, 2.75) is 35.6 Å². The zero-order valence-corrected chi connectivity index (χ0v) is 21.0. The number of pyridine rings is 1. The van der Waals surface area contributed by atoms with E-state index in [4.69, 9.17) is 16.3 Å². The molecule has 7 nitrogen and oxygen atoms in total. The number of nitrogens with zero attached hydrogens (tertiary/aromatic N) is 3. The number of carbonyl (C=O) groups is 1. The molecule has 2 fully saturated rings. The molecule has 1 aliphatic carbocycles. The number of carbonyl (C=O) groups excluding carboxylic acids is 1. The summed E-state index contributed by atoms with van der Waals surface area (Å²) >= 11 is 8.63. The van der Waals surface area contributed by atoms with Gasteiger partial charge in [0.2, 0.25) is 5.43 Å². The Hall–Kier alpha value is -2.94. The van der Waals surface area contributed by atoms with E-state index in [0.717, 1.165) is 53.4 Å². The van der Waals surface area contributed by atoms with Gasteiger partial charge >= 0.3 is 0 Å². The van der Waals surface area contributed by atoms with Crippen LogP contribution < -0.4 is 10.4 Å². The molecule has 9 heteroatoms. The average Bonchev–Trinajstić information content (AvgIpc) is 2.99. The van der Waals surface area contributed by atoms with E-state index in [2.05, 4.69) is 23.2 Å². The molecule has 1 saturated carbocycles. The molecule has 1 atom stereocenters. The van der Waals surface area contributed by atoms with Gasteiger partial charge in [-0.15, -0.1) is 11.8 Å². The monoisotopic (exact) mass is 521 g/mol. The maximum atomic E-state index is 13.7. The fourth-order valence-electron chi connectivity index (χ4n) is 6.10. The van der Waals surface area contributed by atoms with E-state index < -0.39 is 11.2 Å². The molecule has 36 heavy (non-hydrogen) atoms. The van der Waals surface area contributed by atoms with E-state index >= 15 is 0 Å². The molecule has 1 saturated heterocycles. The highest BCUT2D eigenvalue weighted by Crippen LogP contribution is 2.51. The fourth-order valence-corrected chi connectivity index (χ4v) is 7.48. The van der Waals surface area contributed by atoms with Gasteiger partial charge in [-0.25, -0.2) is 0 Å². The van der Waals surface area contributed by atoms with Crippen molar-refractivity contribution >= 4 is 29.3 Å². The van der Waals surface area contributed by atoms with Crippen LogP contribution in [0.15, 0.2) is 64.4 Å². The molecule has 2 aromatic carbocycles. The number of amides is 1. The summed E-state index contributed by atoms with van der Waals surface area (Å²) < 4.78 is 7.09. The number of rotatable bonds is 2. The van der Waals surface area contributed by atoms with E-state index in [1.807, 2.05) is 29.2 Å². The third kappa shape index (κ3) is 3.17. The maximum absolute atomic E-state index is 13.7. The number of hydrogen-bond acceptors (Lipinski definition) is 6. The minimum atomic E-state index is -0.566. The molecular weight excluding hydrogens is 498 g/mol. The lowest BCUT2D eigenvalue weighted by Crippen LogP contribution is -2.65. The second-order valence-electron chi connectivity index (χ2n) is 10.2. The number of halogens is 1.